The Bertz CT molecular complexity index is 5680. The normalized spacial score (nSPS) is 14.8. The molecular formula is C84H58N6. The van der Waals surface area contributed by atoms with Crippen molar-refractivity contribution < 1.29 is 0 Å². The van der Waals surface area contributed by atoms with Crippen LogP contribution in [0.4, 0.5) is 0 Å². The highest BCUT2D eigenvalue weighted by Gasteiger charge is 2.43. The molecule has 11 aromatic carbocycles. The Balaban J connectivity index is 0.812. The van der Waals surface area contributed by atoms with Crippen LogP contribution in [0.2, 0.25) is 0 Å². The van der Waals surface area contributed by atoms with Gasteiger partial charge in [-0.15, -0.1) is 0 Å². The van der Waals surface area contributed by atoms with Crippen LogP contribution in [0.15, 0.2) is 243 Å². The molecule has 0 fully saturated rings. The van der Waals surface area contributed by atoms with E-state index < -0.39 is 0 Å². The maximum Gasteiger partial charge on any atom is 0.165 e. The molecule has 0 saturated carbocycles. The molecule has 0 saturated heterocycles. The van der Waals surface area contributed by atoms with E-state index in [2.05, 4.69) is 298 Å². The average molecular weight is 1150 g/mol. The fourth-order valence-corrected chi connectivity index (χ4v) is 17.3. The van der Waals surface area contributed by atoms with Gasteiger partial charge in [-0.2, -0.15) is 0 Å². The maximum atomic E-state index is 5.63. The van der Waals surface area contributed by atoms with E-state index in [1.165, 1.54) is 132 Å². The highest BCUT2D eigenvalue weighted by atomic mass is 15.1. The van der Waals surface area contributed by atoms with E-state index in [4.69, 9.17) is 15.0 Å². The number of benzene rings is 12. The summed E-state index contributed by atoms with van der Waals surface area (Å²) in [5.41, 5.74) is 31.0. The van der Waals surface area contributed by atoms with Gasteiger partial charge in [-0.3, -0.25) is 0 Å². The van der Waals surface area contributed by atoms with Crippen molar-refractivity contribution in [2.75, 3.05) is 0 Å². The van der Waals surface area contributed by atoms with Gasteiger partial charge >= 0.3 is 0 Å². The van der Waals surface area contributed by atoms with Crippen LogP contribution in [-0.4, -0.2) is 28.7 Å². The van der Waals surface area contributed by atoms with Crippen molar-refractivity contribution in [3.05, 3.63) is 276 Å². The van der Waals surface area contributed by atoms with E-state index in [-0.39, 0.29) is 16.2 Å². The Kier molecular flexibility index (Phi) is 9.58. The van der Waals surface area contributed by atoms with Crippen molar-refractivity contribution in [3.8, 4) is 95.7 Å². The van der Waals surface area contributed by atoms with Gasteiger partial charge in [-0.25, -0.2) is 15.0 Å². The van der Waals surface area contributed by atoms with E-state index >= 15 is 0 Å². The molecule has 4 heterocycles. The van der Waals surface area contributed by atoms with E-state index in [0.29, 0.717) is 17.5 Å². The quantitative estimate of drug-likeness (QED) is 0.167. The lowest BCUT2D eigenvalue weighted by Gasteiger charge is -2.23. The number of para-hydroxylation sites is 3. The van der Waals surface area contributed by atoms with Crippen LogP contribution in [0.5, 0.6) is 0 Å². The van der Waals surface area contributed by atoms with Crippen molar-refractivity contribution in [2.24, 2.45) is 0 Å². The highest BCUT2D eigenvalue weighted by Crippen LogP contribution is 2.59. The minimum atomic E-state index is -0.234. The summed E-state index contributed by atoms with van der Waals surface area (Å²) >= 11 is 0. The molecule has 0 radical (unpaired) electrons. The van der Waals surface area contributed by atoms with Crippen LogP contribution in [0.1, 0.15) is 74.9 Å². The second kappa shape index (κ2) is 17.2. The van der Waals surface area contributed by atoms with Crippen molar-refractivity contribution in [2.45, 2.75) is 57.8 Å². The van der Waals surface area contributed by atoms with Gasteiger partial charge < -0.3 is 13.7 Å². The molecule has 6 heteroatoms. The van der Waals surface area contributed by atoms with Crippen LogP contribution in [0.25, 0.3) is 161 Å². The number of hydrogen-bond donors (Lipinski definition) is 0. The second-order valence-electron chi connectivity index (χ2n) is 27.0. The Morgan fingerprint density at radius 2 is 0.622 bits per heavy atom. The van der Waals surface area contributed by atoms with E-state index in [9.17, 15) is 0 Å². The predicted octanol–water partition coefficient (Wildman–Crippen LogP) is 21.1. The molecule has 5 aliphatic carbocycles. The molecule has 90 heavy (non-hydrogen) atoms. The molecule has 0 bridgehead atoms. The van der Waals surface area contributed by atoms with Crippen molar-refractivity contribution in [3.63, 3.8) is 0 Å². The summed E-state index contributed by atoms with van der Waals surface area (Å²) in [5, 5.41) is 7.44. The third-order valence-electron chi connectivity index (χ3n) is 21.3. The molecule has 20 rings (SSSR count). The number of rotatable bonds is 6. The standard InChI is InChI=1S/C84H58N6/c1-82(2)64-31-13-7-25-51(64)57-37-40-60-54-28-10-16-34-67(54)88(76(60)73(57)82)49-23-19-21-47(45-49)79-85-80(48-22-20-24-50(46-48)89-68-35-17-11-29-55(68)61-41-38-58-52-26-8-14-32-65(52)83(3,4)74(58)77(61)89)87-81(86-79)72-63-43-44-70(71(63)72)90-69-36-18-12-30-56(69)62-42-39-59-53-27-9-15-33-66(53)84(5,6)75(59)78(62)90/h7-46H,1-6H3. The first kappa shape index (κ1) is 50.1. The summed E-state index contributed by atoms with van der Waals surface area (Å²) in [7, 11) is 0. The first-order valence-electron chi connectivity index (χ1n) is 31.6. The van der Waals surface area contributed by atoms with Crippen LogP contribution < -0.4 is 0 Å². The molecule has 0 spiro atoms. The van der Waals surface area contributed by atoms with Gasteiger partial charge in [0, 0.05) is 82.2 Å². The van der Waals surface area contributed by atoms with E-state index in [0.717, 1.165) is 44.8 Å². The van der Waals surface area contributed by atoms with Crippen LogP contribution in [0.3, 0.4) is 0 Å². The molecule has 0 unspecified atom stereocenters. The summed E-state index contributed by atoms with van der Waals surface area (Å²) in [6.07, 6.45) is 0. The largest absolute Gasteiger partial charge is 0.309 e. The zero-order valence-corrected chi connectivity index (χ0v) is 50.8. The van der Waals surface area contributed by atoms with Gasteiger partial charge in [0.15, 0.2) is 17.5 Å². The van der Waals surface area contributed by atoms with Gasteiger partial charge in [-0.05, 0) is 121 Å². The minimum absolute atomic E-state index is 0.226. The summed E-state index contributed by atoms with van der Waals surface area (Å²) < 4.78 is 7.54. The minimum Gasteiger partial charge on any atom is -0.309 e. The number of nitrogens with zero attached hydrogens (tertiary/aromatic N) is 6. The molecule has 15 aromatic rings. The summed E-state index contributed by atoms with van der Waals surface area (Å²) in [6, 6.07) is 90.0. The van der Waals surface area contributed by atoms with Gasteiger partial charge in [-0.1, -0.05) is 236 Å². The lowest BCUT2D eigenvalue weighted by Crippen LogP contribution is -2.16. The zero-order chi connectivity index (χ0) is 59.8. The molecule has 6 nitrogen and oxygen atoms in total. The van der Waals surface area contributed by atoms with Crippen molar-refractivity contribution in [1.29, 1.82) is 0 Å². The smallest absolute Gasteiger partial charge is 0.165 e. The van der Waals surface area contributed by atoms with E-state index in [1.54, 1.807) is 0 Å². The van der Waals surface area contributed by atoms with Crippen molar-refractivity contribution >= 4 is 65.4 Å². The first-order chi connectivity index (χ1) is 43.9. The monoisotopic (exact) mass is 1150 g/mol. The number of aromatic nitrogens is 6. The van der Waals surface area contributed by atoms with Crippen molar-refractivity contribution in [1.82, 2.24) is 28.7 Å². The van der Waals surface area contributed by atoms with Gasteiger partial charge in [0.1, 0.15) is 0 Å². The van der Waals surface area contributed by atoms with Gasteiger partial charge in [0.2, 0.25) is 0 Å². The molecule has 0 aliphatic heterocycles. The molecule has 424 valence electrons. The van der Waals surface area contributed by atoms with Crippen LogP contribution >= 0.6 is 0 Å². The third-order valence-corrected chi connectivity index (χ3v) is 21.3. The molecule has 0 N–H and O–H groups in total. The Labute approximate surface area is 520 Å². The van der Waals surface area contributed by atoms with E-state index in [1.807, 2.05) is 0 Å². The Morgan fingerprint density at radius 1 is 0.267 bits per heavy atom. The average Bonchev–Trinajstić information content (AvgIpc) is 1.54. The maximum absolute atomic E-state index is 5.63. The Hall–Kier alpha value is -11.0. The zero-order valence-electron chi connectivity index (χ0n) is 50.8. The SMILES string of the molecule is CC1(C)c2ccccc2-c2ccc3c4ccccc4n(-c4cccc(-c5nc(-c6cccc(-n7c8ccccc8c8ccc9c(c87)C(C)(C)c7ccccc7-9)c6)nc(-c6c7ccc(-n8c9ccccc9c9ccc%10c(c98)C(C)(C)c8ccccc8-%10)c6-7)n5)c4)c3c21. The highest BCUT2D eigenvalue weighted by molar-refractivity contribution is 6.18. The number of fused-ring (bicyclic) bond motifs is 22. The topological polar surface area (TPSA) is 53.5 Å². The van der Waals surface area contributed by atoms with Gasteiger partial charge in [0.05, 0.1) is 38.8 Å². The first-order valence-corrected chi connectivity index (χ1v) is 31.6. The van der Waals surface area contributed by atoms with Crippen LogP contribution in [-0.2, 0) is 16.2 Å². The molecule has 0 atom stereocenters. The molecule has 5 aliphatic rings. The summed E-state index contributed by atoms with van der Waals surface area (Å²) in [4.78, 5) is 16.9. The number of hydrogen-bond acceptors (Lipinski definition) is 3. The fraction of sp³-hybridized carbons (Fsp3) is 0.107. The lowest BCUT2D eigenvalue weighted by atomic mass is 9.81. The molecule has 4 aromatic heterocycles. The second-order valence-corrected chi connectivity index (χ2v) is 27.0. The third kappa shape index (κ3) is 6.34. The van der Waals surface area contributed by atoms with Crippen LogP contribution in [0, 0.1) is 0 Å². The summed E-state index contributed by atoms with van der Waals surface area (Å²) in [5.74, 6) is 1.90. The molecular weight excluding hydrogens is 1090 g/mol. The lowest BCUT2D eigenvalue weighted by molar-refractivity contribution is 0.663. The Morgan fingerprint density at radius 3 is 1.06 bits per heavy atom. The summed E-state index contributed by atoms with van der Waals surface area (Å²) in [6.45, 7) is 14.3. The molecule has 0 amide bonds. The fourth-order valence-electron chi connectivity index (χ4n) is 17.3. The van der Waals surface area contributed by atoms with Gasteiger partial charge in [0.25, 0.3) is 0 Å². The predicted molar refractivity (Wildman–Crippen MR) is 371 cm³/mol.